The topological polar surface area (TPSA) is 144 Å². The predicted molar refractivity (Wildman–Crippen MR) is 163 cm³/mol. The van der Waals surface area contributed by atoms with Crippen molar-refractivity contribution in [2.75, 3.05) is 13.2 Å². The molecule has 12 heteroatoms. The molecule has 11 nitrogen and oxygen atoms in total. The number of rotatable bonds is 18. The van der Waals surface area contributed by atoms with Gasteiger partial charge >= 0.3 is 11.9 Å². The second-order valence-corrected chi connectivity index (χ2v) is 13.6. The van der Waals surface area contributed by atoms with Crippen LogP contribution in [0.4, 0.5) is 0 Å². The third-order valence-electron chi connectivity index (χ3n) is 6.54. The number of carbonyl (C=O) groups is 3. The van der Waals surface area contributed by atoms with Crippen molar-refractivity contribution in [2.24, 2.45) is 10.8 Å². The van der Waals surface area contributed by atoms with Gasteiger partial charge in [-0.15, -0.1) is 0 Å². The first kappa shape index (κ1) is 36.9. The molecule has 2 rings (SSSR count). The summed E-state index contributed by atoms with van der Waals surface area (Å²) in [7, 11) is -4.23. The minimum atomic E-state index is -4.23. The minimum absolute atomic E-state index is 0.0141. The highest BCUT2D eigenvalue weighted by Gasteiger charge is 2.41. The Bertz CT molecular complexity index is 1310. The highest BCUT2D eigenvalue weighted by atomic mass is 32.2. The van der Waals surface area contributed by atoms with E-state index in [-0.39, 0.29) is 19.6 Å². The van der Waals surface area contributed by atoms with E-state index < -0.39 is 63.2 Å². The lowest BCUT2D eigenvalue weighted by Gasteiger charge is -2.33. The fourth-order valence-electron chi connectivity index (χ4n) is 3.98. The molecule has 0 fully saturated rings. The monoisotopic (exact) mass is 635 g/mol. The van der Waals surface area contributed by atoms with Crippen LogP contribution in [-0.2, 0) is 60.8 Å². The molecule has 0 aliphatic rings. The predicted octanol–water partition coefficient (Wildman–Crippen LogP) is 4.49. The van der Waals surface area contributed by atoms with E-state index in [4.69, 9.17) is 23.1 Å². The van der Waals surface area contributed by atoms with Crippen molar-refractivity contribution in [3.63, 3.8) is 0 Å². The van der Waals surface area contributed by atoms with Crippen LogP contribution in [0.3, 0.4) is 0 Å². The van der Waals surface area contributed by atoms with Crippen LogP contribution in [0.2, 0.25) is 0 Å². The Morgan fingerprint density at radius 3 is 1.91 bits per heavy atom. The molecule has 0 aliphatic heterocycles. The van der Waals surface area contributed by atoms with E-state index in [1.807, 2.05) is 60.7 Å². The molecule has 2 aromatic carbocycles. The van der Waals surface area contributed by atoms with Crippen molar-refractivity contribution in [3.05, 3.63) is 71.8 Å². The Balaban J connectivity index is 2.09. The van der Waals surface area contributed by atoms with Gasteiger partial charge in [-0.25, -0.2) is 4.79 Å². The maximum Gasteiger partial charge on any atom is 0.338 e. The first-order chi connectivity index (χ1) is 20.6. The van der Waals surface area contributed by atoms with Crippen LogP contribution < -0.4 is 5.32 Å². The average Bonchev–Trinajstić information content (AvgIpc) is 2.95. The maximum atomic E-state index is 13.4. The van der Waals surface area contributed by atoms with Gasteiger partial charge in [-0.2, -0.15) is 8.42 Å². The molecule has 1 N–H and O–H groups in total. The fraction of sp³-hybridized carbons (Fsp3) is 0.531. The molecule has 2 aromatic rings. The van der Waals surface area contributed by atoms with Crippen LogP contribution in [0.15, 0.2) is 60.7 Å². The quantitative estimate of drug-likeness (QED) is 0.141. The number of hydrogen-bond donors (Lipinski definition) is 1. The van der Waals surface area contributed by atoms with Gasteiger partial charge in [0.25, 0.3) is 10.1 Å². The zero-order valence-corrected chi connectivity index (χ0v) is 27.3. The van der Waals surface area contributed by atoms with E-state index in [2.05, 4.69) is 5.32 Å². The van der Waals surface area contributed by atoms with E-state index in [0.717, 1.165) is 11.1 Å². The lowest BCUT2D eigenvalue weighted by molar-refractivity contribution is -0.205. The number of amides is 1. The van der Waals surface area contributed by atoms with Gasteiger partial charge in [-0.3, -0.25) is 13.8 Å². The Kier molecular flexibility index (Phi) is 14.0. The van der Waals surface area contributed by atoms with Crippen LogP contribution in [0.1, 0.15) is 66.0 Å². The molecule has 0 saturated carbocycles. The molecule has 0 radical (unpaired) electrons. The van der Waals surface area contributed by atoms with Crippen molar-refractivity contribution in [2.45, 2.75) is 85.9 Å². The van der Waals surface area contributed by atoms with Crippen molar-refractivity contribution in [1.82, 2.24) is 5.32 Å². The summed E-state index contributed by atoms with van der Waals surface area (Å²) in [6.07, 6.45) is -2.52. The smallest absolute Gasteiger partial charge is 0.338 e. The lowest BCUT2D eigenvalue weighted by atomic mass is 9.87. The molecular weight excluding hydrogens is 590 g/mol. The highest BCUT2D eigenvalue weighted by Crippen LogP contribution is 2.29. The minimum Gasteiger partial charge on any atom is -0.425 e. The van der Waals surface area contributed by atoms with E-state index >= 15 is 0 Å². The largest absolute Gasteiger partial charge is 0.425 e. The van der Waals surface area contributed by atoms with Gasteiger partial charge in [0.05, 0.1) is 31.8 Å². The van der Waals surface area contributed by atoms with Crippen LogP contribution in [0.25, 0.3) is 0 Å². The molecule has 1 amide bonds. The van der Waals surface area contributed by atoms with E-state index in [1.165, 1.54) is 13.8 Å². The lowest BCUT2D eigenvalue weighted by Crippen LogP contribution is -2.46. The Hall–Kier alpha value is -3.32. The summed E-state index contributed by atoms with van der Waals surface area (Å²) in [6.45, 7) is 10.6. The first-order valence-electron chi connectivity index (χ1n) is 14.4. The molecule has 0 aliphatic carbocycles. The Morgan fingerprint density at radius 2 is 1.39 bits per heavy atom. The molecule has 2 unspecified atom stereocenters. The summed E-state index contributed by atoms with van der Waals surface area (Å²) in [6, 6.07) is 18.6. The van der Waals surface area contributed by atoms with E-state index in [0.29, 0.717) is 6.61 Å². The third-order valence-corrected chi connectivity index (χ3v) is 8.14. The molecule has 0 heterocycles. The second-order valence-electron chi connectivity index (χ2n) is 11.8. The van der Waals surface area contributed by atoms with Crippen molar-refractivity contribution >= 4 is 28.0 Å². The van der Waals surface area contributed by atoms with Gasteiger partial charge in [0.2, 0.25) is 12.2 Å². The number of carbonyl (C=O) groups excluding carboxylic acids is 3. The summed E-state index contributed by atoms with van der Waals surface area (Å²) in [5, 5.41) is 1.09. The van der Waals surface area contributed by atoms with Crippen LogP contribution in [0, 0.1) is 10.8 Å². The summed E-state index contributed by atoms with van der Waals surface area (Å²) in [4.78, 5) is 37.8. The number of hydrogen-bond acceptors (Lipinski definition) is 10. The molecule has 0 bridgehead atoms. The zero-order valence-electron chi connectivity index (χ0n) is 26.5. The zero-order chi connectivity index (χ0) is 33.0. The van der Waals surface area contributed by atoms with Crippen molar-refractivity contribution < 1.29 is 45.9 Å². The molecule has 44 heavy (non-hydrogen) atoms. The summed E-state index contributed by atoms with van der Waals surface area (Å²) >= 11 is 0. The van der Waals surface area contributed by atoms with E-state index in [1.54, 1.807) is 34.6 Å². The first-order valence-corrected chi connectivity index (χ1v) is 15.9. The third kappa shape index (κ3) is 12.0. The average molecular weight is 636 g/mol. The van der Waals surface area contributed by atoms with Gasteiger partial charge in [0.15, 0.2) is 11.5 Å². The molecular formula is C32H45NO10S. The van der Waals surface area contributed by atoms with Gasteiger partial charge in [0.1, 0.15) is 0 Å². The molecule has 0 aromatic heterocycles. The Morgan fingerprint density at radius 1 is 0.841 bits per heavy atom. The maximum absolute atomic E-state index is 13.4. The van der Waals surface area contributed by atoms with Crippen LogP contribution in [0.5, 0.6) is 0 Å². The number of esters is 2. The number of benzene rings is 2. The summed E-state index contributed by atoms with van der Waals surface area (Å²) in [5.74, 6) is -2.03. The molecule has 0 saturated heterocycles. The number of ether oxygens (including phenoxy) is 4. The van der Waals surface area contributed by atoms with Crippen LogP contribution in [-0.4, -0.2) is 57.2 Å². The SMILES string of the molecule is CCC(NC(C)=O)S(=O)(=O)OCC(C)(C)[C@@H](OCc1ccccc1)C(=O)OC(C)OC(=O)C(C)(C)COCc1ccccc1. The Labute approximate surface area is 260 Å². The standard InChI is InChI=1S/C32H45NO10S/c1-8-27(33-23(2)34)44(37,38)41-22-31(4,5)28(40-20-26-17-13-10-14-18-26)29(35)42-24(3)43-30(36)32(6,7)21-39-19-25-15-11-9-12-16-25/h9-18,24,27-28H,8,19-22H2,1-7H3,(H,33,34)/t24?,27?,28-/m0/s1. The molecule has 3 atom stereocenters. The molecule has 244 valence electrons. The normalized spacial score (nSPS) is 14.2. The summed E-state index contributed by atoms with van der Waals surface area (Å²) in [5.41, 5.74) is -0.547. The van der Waals surface area contributed by atoms with Gasteiger partial charge < -0.3 is 24.3 Å². The highest BCUT2D eigenvalue weighted by molar-refractivity contribution is 7.87. The van der Waals surface area contributed by atoms with Gasteiger partial charge in [-0.05, 0) is 31.4 Å². The van der Waals surface area contributed by atoms with Gasteiger partial charge in [-0.1, -0.05) is 81.4 Å². The van der Waals surface area contributed by atoms with Gasteiger partial charge in [0, 0.05) is 19.3 Å². The van der Waals surface area contributed by atoms with Crippen molar-refractivity contribution in [1.29, 1.82) is 0 Å². The second kappa shape index (κ2) is 16.7. The number of nitrogens with one attached hydrogen (secondary N) is 1. The molecule has 0 spiro atoms. The fourth-order valence-corrected chi connectivity index (χ4v) is 5.33. The van der Waals surface area contributed by atoms with Crippen molar-refractivity contribution in [3.8, 4) is 0 Å². The van der Waals surface area contributed by atoms with Crippen LogP contribution >= 0.6 is 0 Å². The van der Waals surface area contributed by atoms with E-state index in [9.17, 15) is 22.8 Å². The summed E-state index contributed by atoms with van der Waals surface area (Å²) < 4.78 is 53.5.